The van der Waals surface area contributed by atoms with Gasteiger partial charge in [0, 0.05) is 38.8 Å². The number of ether oxygens (including phenoxy) is 1. The van der Waals surface area contributed by atoms with Crippen LogP contribution in [0.5, 0.6) is 5.75 Å². The van der Waals surface area contributed by atoms with Crippen LogP contribution in [0.15, 0.2) is 42.5 Å². The largest absolute Gasteiger partial charge is 0.496 e. The minimum atomic E-state index is -0.326. The van der Waals surface area contributed by atoms with Crippen molar-refractivity contribution in [2.24, 2.45) is 0 Å². The summed E-state index contributed by atoms with van der Waals surface area (Å²) in [4.78, 5) is 14.9. The van der Waals surface area contributed by atoms with Crippen molar-refractivity contribution in [2.75, 3.05) is 32.6 Å². The van der Waals surface area contributed by atoms with Crippen molar-refractivity contribution < 1.29 is 14.6 Å². The normalized spacial score (nSPS) is 19.2. The monoisotopic (exact) mass is 417 g/mol. The highest BCUT2D eigenvalue weighted by Crippen LogP contribution is 2.30. The van der Waals surface area contributed by atoms with E-state index >= 15 is 0 Å². The average Bonchev–Trinajstić information content (AvgIpc) is 3.07. The van der Waals surface area contributed by atoms with Crippen molar-refractivity contribution in [2.45, 2.75) is 31.5 Å². The maximum atomic E-state index is 12.7. The lowest BCUT2D eigenvalue weighted by molar-refractivity contribution is 0.0946. The van der Waals surface area contributed by atoms with Gasteiger partial charge >= 0.3 is 0 Å². The zero-order valence-corrected chi connectivity index (χ0v) is 17.6. The fraction of sp³-hybridized carbons (Fsp3) is 0.409. The van der Waals surface area contributed by atoms with Crippen molar-refractivity contribution in [3.05, 3.63) is 58.6 Å². The molecule has 0 aromatic heterocycles. The van der Waals surface area contributed by atoms with E-state index in [4.69, 9.17) is 16.3 Å². The summed E-state index contributed by atoms with van der Waals surface area (Å²) in [7, 11) is 3.29. The number of aliphatic hydroxyl groups excluding tert-OH is 1. The first-order valence-electron chi connectivity index (χ1n) is 9.81. The summed E-state index contributed by atoms with van der Waals surface area (Å²) >= 11 is 6.22. The number of carbonyl (C=O) groups excluding carboxylic acids is 1. The fourth-order valence-corrected chi connectivity index (χ4v) is 4.07. The predicted octanol–water partition coefficient (Wildman–Crippen LogP) is 3.15. The Bertz CT molecular complexity index is 832. The second-order valence-corrected chi connectivity index (χ2v) is 7.69. The molecule has 0 unspecified atom stereocenters. The second-order valence-electron chi connectivity index (χ2n) is 7.29. The molecule has 1 aliphatic rings. The highest BCUT2D eigenvalue weighted by atomic mass is 35.5. The number of aliphatic hydroxyl groups is 1. The summed E-state index contributed by atoms with van der Waals surface area (Å²) in [6.07, 6.45) is 1.15. The van der Waals surface area contributed by atoms with Crippen molar-refractivity contribution in [3.63, 3.8) is 0 Å². The van der Waals surface area contributed by atoms with Crippen molar-refractivity contribution in [1.82, 2.24) is 10.2 Å². The number of anilines is 1. The molecular weight excluding hydrogens is 390 g/mol. The molecule has 0 radical (unpaired) electrons. The van der Waals surface area contributed by atoms with E-state index in [2.05, 4.69) is 27.7 Å². The van der Waals surface area contributed by atoms with Gasteiger partial charge in [-0.25, -0.2) is 0 Å². The van der Waals surface area contributed by atoms with Gasteiger partial charge in [-0.2, -0.15) is 0 Å². The molecular formula is C22H28ClN3O3. The zero-order chi connectivity index (χ0) is 20.8. The number of β-amino-alcohol motifs (C(OH)–C–C–N with tert-alkyl or cyclic N) is 1. The first-order valence-corrected chi connectivity index (χ1v) is 10.2. The van der Waals surface area contributed by atoms with Crippen LogP contribution in [0.25, 0.3) is 0 Å². The highest BCUT2D eigenvalue weighted by Gasteiger charge is 2.30. The van der Waals surface area contributed by atoms with Crippen molar-refractivity contribution in [3.8, 4) is 5.75 Å². The van der Waals surface area contributed by atoms with Crippen molar-refractivity contribution >= 4 is 23.2 Å². The second kappa shape index (κ2) is 9.96. The van der Waals surface area contributed by atoms with Gasteiger partial charge in [0.15, 0.2) is 0 Å². The molecule has 3 N–H and O–H groups in total. The van der Waals surface area contributed by atoms with Gasteiger partial charge in [0.25, 0.3) is 5.91 Å². The number of amides is 1. The quantitative estimate of drug-likeness (QED) is 0.615. The number of rotatable bonds is 8. The zero-order valence-electron chi connectivity index (χ0n) is 16.8. The molecule has 2 aromatic rings. The minimum absolute atomic E-state index is 0.223. The number of benzene rings is 2. The van der Waals surface area contributed by atoms with Crippen LogP contribution in [0.4, 0.5) is 5.69 Å². The Balaban J connectivity index is 1.58. The van der Waals surface area contributed by atoms with Crippen LogP contribution in [-0.2, 0) is 6.54 Å². The lowest BCUT2D eigenvalue weighted by Gasteiger charge is -2.24. The Kier molecular flexibility index (Phi) is 7.36. The van der Waals surface area contributed by atoms with Gasteiger partial charge in [0.2, 0.25) is 0 Å². The Labute approximate surface area is 176 Å². The Morgan fingerprint density at radius 3 is 2.76 bits per heavy atom. The number of nitrogens with one attached hydrogen (secondary N) is 2. The maximum absolute atomic E-state index is 12.7. The molecule has 0 spiro atoms. The molecule has 1 saturated heterocycles. The van der Waals surface area contributed by atoms with Crippen LogP contribution in [0, 0.1) is 0 Å². The van der Waals surface area contributed by atoms with E-state index in [9.17, 15) is 9.90 Å². The fourth-order valence-electron chi connectivity index (χ4n) is 3.81. The molecule has 2 atom stereocenters. The van der Waals surface area contributed by atoms with E-state index in [0.717, 1.165) is 13.0 Å². The first-order chi connectivity index (χ1) is 14.0. The third-order valence-electron chi connectivity index (χ3n) is 5.30. The molecule has 1 heterocycles. The number of halogens is 1. The van der Waals surface area contributed by atoms with Gasteiger partial charge in [-0.1, -0.05) is 41.9 Å². The molecule has 29 heavy (non-hydrogen) atoms. The molecule has 0 saturated carbocycles. The third-order valence-corrected chi connectivity index (χ3v) is 5.61. The van der Waals surface area contributed by atoms with Gasteiger partial charge in [-0.15, -0.1) is 0 Å². The average molecular weight is 418 g/mol. The highest BCUT2D eigenvalue weighted by molar-refractivity contribution is 6.33. The summed E-state index contributed by atoms with van der Waals surface area (Å²) in [5, 5.41) is 16.5. The van der Waals surface area contributed by atoms with Crippen LogP contribution >= 0.6 is 11.6 Å². The number of carbonyl (C=O) groups is 1. The lowest BCUT2D eigenvalue weighted by atomic mass is 10.1. The summed E-state index contributed by atoms with van der Waals surface area (Å²) in [5.74, 6) is 0.248. The van der Waals surface area contributed by atoms with Gasteiger partial charge < -0.3 is 20.5 Å². The van der Waals surface area contributed by atoms with Gasteiger partial charge in [0.1, 0.15) is 5.75 Å². The molecule has 7 heteroatoms. The lowest BCUT2D eigenvalue weighted by Crippen LogP contribution is -2.34. The molecule has 6 nitrogen and oxygen atoms in total. The van der Waals surface area contributed by atoms with E-state index in [-0.39, 0.29) is 18.1 Å². The van der Waals surface area contributed by atoms with Crippen LogP contribution in [0.2, 0.25) is 5.02 Å². The molecule has 156 valence electrons. The van der Waals surface area contributed by atoms with E-state index in [0.29, 0.717) is 41.5 Å². The summed E-state index contributed by atoms with van der Waals surface area (Å²) in [6.45, 7) is 1.96. The number of hydrogen-bond donors (Lipinski definition) is 3. The molecule has 2 aromatic carbocycles. The van der Waals surface area contributed by atoms with E-state index in [1.807, 2.05) is 18.2 Å². The third kappa shape index (κ3) is 5.41. The Morgan fingerprint density at radius 1 is 1.31 bits per heavy atom. The minimum Gasteiger partial charge on any atom is -0.496 e. The molecule has 1 amide bonds. The molecule has 3 rings (SSSR count). The van der Waals surface area contributed by atoms with E-state index < -0.39 is 0 Å². The maximum Gasteiger partial charge on any atom is 0.255 e. The van der Waals surface area contributed by atoms with E-state index in [1.165, 1.54) is 12.7 Å². The summed E-state index contributed by atoms with van der Waals surface area (Å²) in [5.41, 5.74) is 2.33. The van der Waals surface area contributed by atoms with E-state index in [1.54, 1.807) is 19.2 Å². The first kappa shape index (κ1) is 21.4. The molecule has 1 aliphatic heterocycles. The standard InChI is InChI=1S/C22H28ClN3O3/c1-24-20-12-21(29-2)18(11-19(20)23)22(28)25-9-8-16-10-17(27)14-26(16)13-15-6-4-3-5-7-15/h3-7,11-12,16-17,24,27H,8-10,13-14H2,1-2H3,(H,25,28)/t16-,17+/m1/s1. The summed E-state index contributed by atoms with van der Waals surface area (Å²) < 4.78 is 5.34. The molecule has 0 bridgehead atoms. The molecule has 1 fully saturated rings. The predicted molar refractivity (Wildman–Crippen MR) is 116 cm³/mol. The van der Waals surface area contributed by atoms with Crippen molar-refractivity contribution in [1.29, 1.82) is 0 Å². The summed E-state index contributed by atoms with van der Waals surface area (Å²) in [6, 6.07) is 13.8. The van der Waals surface area contributed by atoms with Crippen LogP contribution in [-0.4, -0.2) is 55.3 Å². The van der Waals surface area contributed by atoms with Crippen LogP contribution in [0.3, 0.4) is 0 Å². The van der Waals surface area contributed by atoms with Crippen LogP contribution in [0.1, 0.15) is 28.8 Å². The Morgan fingerprint density at radius 2 is 2.07 bits per heavy atom. The van der Waals surface area contributed by atoms with Gasteiger partial charge in [0.05, 0.1) is 29.5 Å². The SMILES string of the molecule is CNc1cc(OC)c(C(=O)NCC[C@@H]2C[C@H](O)CN2Cc2ccccc2)cc1Cl. The van der Waals surface area contributed by atoms with Gasteiger partial charge in [-0.3, -0.25) is 9.69 Å². The smallest absolute Gasteiger partial charge is 0.255 e. The number of likely N-dealkylation sites (tertiary alicyclic amines) is 1. The Hall–Kier alpha value is -2.28. The number of methoxy groups -OCH3 is 1. The van der Waals surface area contributed by atoms with Gasteiger partial charge in [-0.05, 0) is 24.5 Å². The number of hydrogen-bond acceptors (Lipinski definition) is 5. The number of nitrogens with zero attached hydrogens (tertiary/aromatic N) is 1. The van der Waals surface area contributed by atoms with Crippen LogP contribution < -0.4 is 15.4 Å². The topological polar surface area (TPSA) is 73.8 Å². The molecule has 0 aliphatic carbocycles.